The third kappa shape index (κ3) is 2.99. The number of thioether (sulfide) groups is 1. The molecule has 1 aliphatic carbocycles. The van der Waals surface area contributed by atoms with Crippen molar-refractivity contribution in [2.75, 3.05) is 12.8 Å². The standard InChI is InChI=1S/C22H27N5PS2/c1-12-5-19(17(7-23)25-8-12)30-18-6-15-10-28(4)21(15)20(14(18)3)27(28)9-16(24)22-26-13(2)11-29-22/h5,8-9,11,14-15,18,20-21H,6,10,24H2,1-4H3/q+1/b16-9-. The lowest BCUT2D eigenvalue weighted by atomic mass is 9.77. The highest BCUT2D eigenvalue weighted by atomic mass is 32.2. The van der Waals surface area contributed by atoms with Gasteiger partial charge in [0.15, 0.2) is 5.69 Å². The van der Waals surface area contributed by atoms with Crippen LogP contribution in [0.15, 0.2) is 28.7 Å². The zero-order valence-electron chi connectivity index (χ0n) is 17.7. The van der Waals surface area contributed by atoms with Crippen molar-refractivity contribution in [1.29, 1.82) is 5.26 Å². The van der Waals surface area contributed by atoms with E-state index in [1.54, 1.807) is 17.5 Å². The van der Waals surface area contributed by atoms with E-state index in [9.17, 15) is 5.26 Å². The summed E-state index contributed by atoms with van der Waals surface area (Å²) in [6, 6.07) is 4.95. The molecule has 2 saturated heterocycles. The Morgan fingerprint density at radius 1 is 1.47 bits per heavy atom. The summed E-state index contributed by atoms with van der Waals surface area (Å²) >= 11 is 3.49. The summed E-state index contributed by atoms with van der Waals surface area (Å²) in [5, 5.41) is 13.0. The molecule has 0 spiro atoms. The summed E-state index contributed by atoms with van der Waals surface area (Å²) in [5.74, 6) is 1.36. The molecule has 0 bridgehead atoms. The van der Waals surface area contributed by atoms with Gasteiger partial charge in [0.05, 0.1) is 24.7 Å². The molecule has 3 fully saturated rings. The molecule has 30 heavy (non-hydrogen) atoms. The number of nitrogens with zero attached hydrogens (tertiary/aromatic N) is 4. The molecule has 6 atom stereocenters. The lowest BCUT2D eigenvalue weighted by Crippen LogP contribution is -2.72. The summed E-state index contributed by atoms with van der Waals surface area (Å²) in [4.78, 5) is 9.95. The van der Waals surface area contributed by atoms with Gasteiger partial charge in [0.25, 0.3) is 0 Å². The van der Waals surface area contributed by atoms with Crippen molar-refractivity contribution >= 4 is 36.2 Å². The Morgan fingerprint density at radius 2 is 2.27 bits per heavy atom. The molecular weight excluding hydrogens is 429 g/mol. The first-order valence-electron chi connectivity index (χ1n) is 10.4. The molecule has 1 saturated carbocycles. The third-order valence-electron chi connectivity index (χ3n) is 7.08. The number of rotatable bonds is 4. The second-order valence-corrected chi connectivity index (χ2v) is 15.1. The van der Waals surface area contributed by atoms with Crippen molar-refractivity contribution in [2.24, 2.45) is 17.6 Å². The number of pyridine rings is 1. The molecule has 156 valence electrons. The number of aryl methyl sites for hydroxylation is 2. The monoisotopic (exact) mass is 456 g/mol. The molecule has 0 radical (unpaired) electrons. The number of nitrogens with two attached hydrogens (primary N) is 1. The van der Waals surface area contributed by atoms with Gasteiger partial charge < -0.3 is 5.73 Å². The number of thiazole rings is 1. The maximum Gasteiger partial charge on any atom is 0.154 e. The zero-order valence-corrected chi connectivity index (χ0v) is 20.3. The number of aromatic nitrogens is 2. The Bertz CT molecular complexity index is 1080. The van der Waals surface area contributed by atoms with Crippen molar-refractivity contribution in [3.05, 3.63) is 45.8 Å². The fourth-order valence-electron chi connectivity index (χ4n) is 5.70. The minimum atomic E-state index is -1.07. The Balaban J connectivity index is 1.40. The summed E-state index contributed by atoms with van der Waals surface area (Å²) < 4.78 is 2.64. The second-order valence-electron chi connectivity index (χ2n) is 9.12. The SMILES string of the molecule is Cc1cnc(C#N)c(SC2CC3C[P+]4(C)C3C(C2C)N4/C=C(\N)c2nc(C)cs2)c1. The van der Waals surface area contributed by atoms with Crippen LogP contribution in [0.5, 0.6) is 0 Å². The molecule has 2 N–H and O–H groups in total. The highest BCUT2D eigenvalue weighted by Crippen LogP contribution is 2.86. The maximum atomic E-state index is 9.50. The molecule has 5 rings (SSSR count). The predicted octanol–water partition coefficient (Wildman–Crippen LogP) is 4.73. The van der Waals surface area contributed by atoms with Gasteiger partial charge in [-0.15, -0.1) is 23.1 Å². The highest BCUT2D eigenvalue weighted by molar-refractivity contribution is 8.00. The summed E-state index contributed by atoms with van der Waals surface area (Å²) in [5.41, 5.74) is 10.8. The topological polar surface area (TPSA) is 78.8 Å². The van der Waals surface area contributed by atoms with E-state index in [2.05, 4.69) is 51.9 Å². The Morgan fingerprint density at radius 3 is 2.97 bits per heavy atom. The summed E-state index contributed by atoms with van der Waals surface area (Å²) in [6.07, 6.45) is 6.57. The molecule has 0 aromatic carbocycles. The molecule has 0 amide bonds. The van der Waals surface area contributed by atoms with E-state index in [0.717, 1.165) is 38.4 Å². The van der Waals surface area contributed by atoms with Crippen molar-refractivity contribution in [3.63, 3.8) is 0 Å². The van der Waals surface area contributed by atoms with Crippen molar-refractivity contribution in [1.82, 2.24) is 14.6 Å². The van der Waals surface area contributed by atoms with Crippen LogP contribution in [0.1, 0.15) is 35.3 Å². The molecule has 4 heterocycles. The van der Waals surface area contributed by atoms with Gasteiger partial charge >= 0.3 is 0 Å². The zero-order chi connectivity index (χ0) is 21.2. The van der Waals surface area contributed by atoms with Crippen LogP contribution in [-0.2, 0) is 0 Å². The van der Waals surface area contributed by atoms with E-state index < -0.39 is 7.41 Å². The normalized spacial score (nSPS) is 34.6. The minimum Gasteiger partial charge on any atom is -0.395 e. The van der Waals surface area contributed by atoms with Gasteiger partial charge in [0.2, 0.25) is 0 Å². The molecule has 5 nitrogen and oxygen atoms in total. The number of hydrogen-bond donors (Lipinski definition) is 1. The average molecular weight is 457 g/mol. The lowest BCUT2D eigenvalue weighted by molar-refractivity contribution is 0.126. The van der Waals surface area contributed by atoms with Crippen molar-refractivity contribution in [3.8, 4) is 6.07 Å². The number of nitriles is 1. The van der Waals surface area contributed by atoms with Gasteiger partial charge in [0.1, 0.15) is 30.2 Å². The van der Waals surface area contributed by atoms with Crippen LogP contribution in [0.4, 0.5) is 0 Å². The van der Waals surface area contributed by atoms with Gasteiger partial charge in [-0.05, 0) is 37.8 Å². The molecule has 6 unspecified atom stereocenters. The van der Waals surface area contributed by atoms with Crippen LogP contribution in [0.25, 0.3) is 5.70 Å². The van der Waals surface area contributed by atoms with Gasteiger partial charge in [-0.1, -0.05) is 6.92 Å². The van der Waals surface area contributed by atoms with E-state index in [1.807, 2.05) is 25.6 Å². The first kappa shape index (κ1) is 20.3. The first-order valence-corrected chi connectivity index (χ1v) is 14.6. The first-order chi connectivity index (χ1) is 14.3. The van der Waals surface area contributed by atoms with Crippen LogP contribution in [0, 0.1) is 37.0 Å². The fourth-order valence-corrected chi connectivity index (χ4v) is 13.0. The van der Waals surface area contributed by atoms with Crippen LogP contribution >= 0.6 is 30.5 Å². The summed E-state index contributed by atoms with van der Waals surface area (Å²) in [7, 11) is -1.07. The number of hydrogen-bond acceptors (Lipinski definition) is 7. The molecule has 2 aromatic heterocycles. The van der Waals surface area contributed by atoms with Gasteiger partial charge in [-0.2, -0.15) is 5.26 Å². The van der Waals surface area contributed by atoms with Crippen LogP contribution in [0.3, 0.4) is 0 Å². The smallest absolute Gasteiger partial charge is 0.154 e. The fraction of sp³-hybridized carbons (Fsp3) is 0.500. The molecule has 3 aliphatic rings. The van der Waals surface area contributed by atoms with Gasteiger partial charge in [-0.25, -0.2) is 14.6 Å². The molecule has 8 heteroatoms. The van der Waals surface area contributed by atoms with Crippen molar-refractivity contribution in [2.45, 2.75) is 49.0 Å². The lowest BCUT2D eigenvalue weighted by Gasteiger charge is -2.69. The van der Waals surface area contributed by atoms with E-state index >= 15 is 0 Å². The Labute approximate surface area is 187 Å². The van der Waals surface area contributed by atoms with Gasteiger partial charge in [0, 0.05) is 33.3 Å². The van der Waals surface area contributed by atoms with Crippen LogP contribution < -0.4 is 5.73 Å². The average Bonchev–Trinajstić information content (AvgIpc) is 3.14. The van der Waals surface area contributed by atoms with Crippen LogP contribution in [0.2, 0.25) is 0 Å². The van der Waals surface area contributed by atoms with E-state index in [0.29, 0.717) is 22.9 Å². The van der Waals surface area contributed by atoms with E-state index in [4.69, 9.17) is 5.73 Å². The van der Waals surface area contributed by atoms with Gasteiger partial charge in [-0.3, -0.25) is 0 Å². The van der Waals surface area contributed by atoms with E-state index in [-0.39, 0.29) is 0 Å². The predicted molar refractivity (Wildman–Crippen MR) is 127 cm³/mol. The minimum absolute atomic E-state index is 0.500. The van der Waals surface area contributed by atoms with Crippen LogP contribution in [-0.4, -0.2) is 44.4 Å². The van der Waals surface area contributed by atoms with E-state index in [1.165, 1.54) is 12.6 Å². The third-order valence-corrected chi connectivity index (χ3v) is 14.2. The Kier molecular flexibility index (Phi) is 4.89. The quantitative estimate of drug-likeness (QED) is 0.670. The second kappa shape index (κ2) is 7.22. The van der Waals surface area contributed by atoms with Crippen molar-refractivity contribution < 1.29 is 0 Å². The maximum absolute atomic E-state index is 9.50. The highest BCUT2D eigenvalue weighted by Gasteiger charge is 2.78. The molecule has 2 aliphatic heterocycles. The molecular formula is C22H27N5PS2+. The Hall–Kier alpha value is -1.61. The molecule has 2 aromatic rings. The largest absolute Gasteiger partial charge is 0.395 e. The summed E-state index contributed by atoms with van der Waals surface area (Å²) in [6.45, 7) is 8.95.